The van der Waals surface area contributed by atoms with Crippen LogP contribution in [0.25, 0.3) is 0 Å². The second-order valence-corrected chi connectivity index (χ2v) is 5.65. The van der Waals surface area contributed by atoms with Crippen molar-refractivity contribution in [2.75, 3.05) is 11.1 Å². The highest BCUT2D eigenvalue weighted by atomic mass is 32.1. The summed E-state index contributed by atoms with van der Waals surface area (Å²) < 4.78 is 1.95. The molecule has 1 atom stereocenters. The van der Waals surface area contributed by atoms with Gasteiger partial charge in [0.15, 0.2) is 0 Å². The molecule has 5 nitrogen and oxygen atoms in total. The summed E-state index contributed by atoms with van der Waals surface area (Å²) in [7, 11) is 0. The summed E-state index contributed by atoms with van der Waals surface area (Å²) in [6, 6.07) is 0.132. The summed E-state index contributed by atoms with van der Waals surface area (Å²) in [6.07, 6.45) is 1.03. The molecule has 19 heavy (non-hydrogen) atoms. The van der Waals surface area contributed by atoms with Gasteiger partial charge in [-0.25, -0.2) is 9.67 Å². The van der Waals surface area contributed by atoms with Gasteiger partial charge in [-0.15, -0.1) is 11.3 Å². The standard InChI is InChI=1S/C13H21N5S/c1-5-6-18-12(11(14)9(3)17-18)16-10(4)13-15-8(2)7-19-13/h7,10,16H,5-6,14H2,1-4H3. The van der Waals surface area contributed by atoms with Crippen molar-refractivity contribution in [3.8, 4) is 0 Å². The fourth-order valence-electron chi connectivity index (χ4n) is 1.96. The van der Waals surface area contributed by atoms with Crippen molar-refractivity contribution in [2.45, 2.75) is 46.7 Å². The summed E-state index contributed by atoms with van der Waals surface area (Å²) in [5.41, 5.74) is 8.76. The molecule has 6 heteroatoms. The normalized spacial score (nSPS) is 12.6. The first-order chi connectivity index (χ1) is 9.02. The summed E-state index contributed by atoms with van der Waals surface area (Å²) >= 11 is 1.66. The van der Waals surface area contributed by atoms with E-state index in [9.17, 15) is 0 Å². The molecule has 3 N–H and O–H groups in total. The van der Waals surface area contributed by atoms with Crippen molar-refractivity contribution < 1.29 is 0 Å². The van der Waals surface area contributed by atoms with Gasteiger partial charge >= 0.3 is 0 Å². The number of aromatic nitrogens is 3. The first-order valence-electron chi connectivity index (χ1n) is 6.54. The zero-order chi connectivity index (χ0) is 14.0. The maximum atomic E-state index is 6.10. The first-order valence-corrected chi connectivity index (χ1v) is 7.42. The molecule has 0 spiro atoms. The van der Waals surface area contributed by atoms with Crippen molar-refractivity contribution in [2.24, 2.45) is 0 Å². The second-order valence-electron chi connectivity index (χ2n) is 4.76. The third-order valence-corrected chi connectivity index (χ3v) is 4.11. The highest BCUT2D eigenvalue weighted by Crippen LogP contribution is 2.28. The van der Waals surface area contributed by atoms with Crippen LogP contribution in [0.15, 0.2) is 5.38 Å². The van der Waals surface area contributed by atoms with Gasteiger partial charge < -0.3 is 11.1 Å². The maximum absolute atomic E-state index is 6.10. The topological polar surface area (TPSA) is 68.8 Å². The molecule has 0 aliphatic carbocycles. The molecule has 0 radical (unpaired) electrons. The van der Waals surface area contributed by atoms with E-state index in [1.807, 2.05) is 18.5 Å². The van der Waals surface area contributed by atoms with E-state index in [-0.39, 0.29) is 6.04 Å². The van der Waals surface area contributed by atoms with Crippen LogP contribution >= 0.6 is 11.3 Å². The van der Waals surface area contributed by atoms with E-state index in [0.717, 1.165) is 40.9 Å². The monoisotopic (exact) mass is 279 g/mol. The Morgan fingerprint density at radius 2 is 2.21 bits per heavy atom. The van der Waals surface area contributed by atoms with Gasteiger partial charge in [-0.3, -0.25) is 0 Å². The lowest BCUT2D eigenvalue weighted by atomic mass is 10.3. The fourth-order valence-corrected chi connectivity index (χ4v) is 2.76. The van der Waals surface area contributed by atoms with Gasteiger partial charge in [0.1, 0.15) is 10.8 Å². The van der Waals surface area contributed by atoms with Gasteiger partial charge in [0.2, 0.25) is 0 Å². The second kappa shape index (κ2) is 5.61. The Hall–Kier alpha value is -1.56. The molecule has 0 aromatic carbocycles. The molecule has 0 aliphatic rings. The predicted octanol–water partition coefficient (Wildman–Crippen LogP) is 3.12. The lowest BCUT2D eigenvalue weighted by Gasteiger charge is -2.15. The Kier molecular flexibility index (Phi) is 4.09. The fraction of sp³-hybridized carbons (Fsp3) is 0.538. The zero-order valence-electron chi connectivity index (χ0n) is 11.9. The average Bonchev–Trinajstić information content (AvgIpc) is 2.90. The Morgan fingerprint density at radius 1 is 1.47 bits per heavy atom. The van der Waals surface area contributed by atoms with Gasteiger partial charge in [-0.2, -0.15) is 5.10 Å². The number of nitrogens with zero attached hydrogens (tertiary/aromatic N) is 3. The minimum absolute atomic E-state index is 0.132. The zero-order valence-corrected chi connectivity index (χ0v) is 12.7. The van der Waals surface area contributed by atoms with E-state index in [0.29, 0.717) is 0 Å². The number of anilines is 2. The van der Waals surface area contributed by atoms with E-state index in [4.69, 9.17) is 5.73 Å². The molecule has 0 saturated carbocycles. The van der Waals surface area contributed by atoms with Crippen molar-refractivity contribution in [3.05, 3.63) is 21.8 Å². The number of thiazole rings is 1. The van der Waals surface area contributed by atoms with Crippen LogP contribution in [0.2, 0.25) is 0 Å². The number of hydrogen-bond donors (Lipinski definition) is 2. The van der Waals surface area contributed by atoms with Crippen LogP contribution in [0, 0.1) is 13.8 Å². The lowest BCUT2D eigenvalue weighted by Crippen LogP contribution is -2.13. The van der Waals surface area contributed by atoms with Gasteiger partial charge in [-0.05, 0) is 27.2 Å². The largest absolute Gasteiger partial charge is 0.394 e. The van der Waals surface area contributed by atoms with Crippen molar-refractivity contribution in [1.82, 2.24) is 14.8 Å². The molecular formula is C13H21N5S. The van der Waals surface area contributed by atoms with Gasteiger partial charge in [0.25, 0.3) is 0 Å². The van der Waals surface area contributed by atoms with Crippen molar-refractivity contribution in [3.63, 3.8) is 0 Å². The number of nitrogens with two attached hydrogens (primary N) is 1. The van der Waals surface area contributed by atoms with Crippen LogP contribution in [0.3, 0.4) is 0 Å². The first kappa shape index (κ1) is 13.9. The summed E-state index contributed by atoms with van der Waals surface area (Å²) in [4.78, 5) is 4.50. The SMILES string of the molecule is CCCn1nc(C)c(N)c1NC(C)c1nc(C)cs1. The molecular weight excluding hydrogens is 258 g/mol. The third kappa shape index (κ3) is 2.89. The summed E-state index contributed by atoms with van der Waals surface area (Å²) in [5, 5.41) is 11.0. The Labute approximate surface area is 117 Å². The van der Waals surface area contributed by atoms with Gasteiger partial charge in [-0.1, -0.05) is 6.92 Å². The average molecular weight is 279 g/mol. The van der Waals surface area contributed by atoms with Crippen molar-refractivity contribution in [1.29, 1.82) is 0 Å². The molecule has 2 aromatic rings. The van der Waals surface area contributed by atoms with Crippen LogP contribution in [-0.4, -0.2) is 14.8 Å². The smallest absolute Gasteiger partial charge is 0.148 e. The third-order valence-electron chi connectivity index (χ3n) is 2.97. The van der Waals surface area contributed by atoms with Gasteiger partial charge in [0.05, 0.1) is 17.4 Å². The van der Waals surface area contributed by atoms with Crippen LogP contribution in [0.5, 0.6) is 0 Å². The molecule has 0 aliphatic heterocycles. The molecule has 0 fully saturated rings. The lowest BCUT2D eigenvalue weighted by molar-refractivity contribution is 0.599. The van der Waals surface area contributed by atoms with Crippen molar-refractivity contribution >= 4 is 22.8 Å². The molecule has 0 bridgehead atoms. The quantitative estimate of drug-likeness (QED) is 0.882. The summed E-state index contributed by atoms with van der Waals surface area (Å²) in [6.45, 7) is 9.03. The molecule has 104 valence electrons. The molecule has 1 unspecified atom stereocenters. The van der Waals surface area contributed by atoms with E-state index in [1.54, 1.807) is 11.3 Å². The molecule has 2 heterocycles. The Bertz CT molecular complexity index is 557. The molecule has 2 rings (SSSR count). The number of aryl methyl sites for hydroxylation is 3. The van der Waals surface area contributed by atoms with E-state index >= 15 is 0 Å². The van der Waals surface area contributed by atoms with E-state index < -0.39 is 0 Å². The van der Waals surface area contributed by atoms with Crippen LogP contribution in [0.4, 0.5) is 11.5 Å². The Balaban J connectivity index is 2.22. The van der Waals surface area contributed by atoms with Crippen LogP contribution in [-0.2, 0) is 6.54 Å². The Morgan fingerprint density at radius 3 is 2.79 bits per heavy atom. The molecule has 0 amide bonds. The molecule has 0 saturated heterocycles. The van der Waals surface area contributed by atoms with Crippen LogP contribution < -0.4 is 11.1 Å². The highest BCUT2D eigenvalue weighted by molar-refractivity contribution is 7.09. The number of nitrogen functional groups attached to an aromatic ring is 1. The van der Waals surface area contributed by atoms with E-state index in [2.05, 4.69) is 34.6 Å². The summed E-state index contributed by atoms with van der Waals surface area (Å²) in [5.74, 6) is 0.903. The highest BCUT2D eigenvalue weighted by Gasteiger charge is 2.16. The van der Waals surface area contributed by atoms with Crippen LogP contribution in [0.1, 0.15) is 42.7 Å². The molecule has 2 aromatic heterocycles. The van der Waals surface area contributed by atoms with Gasteiger partial charge in [0, 0.05) is 17.6 Å². The number of nitrogens with one attached hydrogen (secondary N) is 1. The number of hydrogen-bond acceptors (Lipinski definition) is 5. The number of rotatable bonds is 5. The predicted molar refractivity (Wildman–Crippen MR) is 80.6 cm³/mol. The minimum atomic E-state index is 0.132. The van der Waals surface area contributed by atoms with E-state index in [1.165, 1.54) is 0 Å². The maximum Gasteiger partial charge on any atom is 0.148 e. The minimum Gasteiger partial charge on any atom is -0.394 e.